The third-order valence-electron chi connectivity index (χ3n) is 4.23. The van der Waals surface area contributed by atoms with Crippen LogP contribution in [0.3, 0.4) is 0 Å². The smallest absolute Gasteiger partial charge is 0.166 e. The van der Waals surface area contributed by atoms with Crippen molar-refractivity contribution in [1.82, 2.24) is 4.98 Å². The van der Waals surface area contributed by atoms with Crippen LogP contribution in [0.25, 0.3) is 11.3 Å². The zero-order chi connectivity index (χ0) is 12.1. The average Bonchev–Trinajstić information content (AvgIpc) is 2.38. The molecule has 1 heterocycles. The highest BCUT2D eigenvalue weighted by Gasteiger charge is 2.42. The van der Waals surface area contributed by atoms with Crippen LogP contribution in [0.2, 0.25) is 0 Å². The van der Waals surface area contributed by atoms with E-state index in [1.807, 2.05) is 24.3 Å². The number of rotatable bonds is 1. The Morgan fingerprint density at radius 2 is 1.94 bits per heavy atom. The van der Waals surface area contributed by atoms with E-state index in [1.54, 1.807) is 6.20 Å². The first-order valence-corrected chi connectivity index (χ1v) is 6.42. The number of carbonyl (C=O) groups excluding carboxylic acids is 1. The molecule has 0 atom stereocenters. The molecule has 2 nitrogen and oxygen atoms in total. The highest BCUT2D eigenvalue weighted by Crippen LogP contribution is 2.49. The van der Waals surface area contributed by atoms with E-state index in [2.05, 4.69) is 17.1 Å². The summed E-state index contributed by atoms with van der Waals surface area (Å²) in [5.41, 5.74) is 4.17. The van der Waals surface area contributed by atoms with E-state index >= 15 is 0 Å². The van der Waals surface area contributed by atoms with Gasteiger partial charge in [-0.25, -0.2) is 0 Å². The number of hydrogen-bond acceptors (Lipinski definition) is 2. The van der Waals surface area contributed by atoms with Gasteiger partial charge in [0.05, 0.1) is 5.69 Å². The number of hydrogen-bond donors (Lipinski definition) is 0. The standard InChI is InChI=1S/C16H13NO/c18-16-12-7-11(8-12)13-5-4-10(9-14(13)16)15-3-1-2-6-17-15/h1-6,9,11-12H,7-8H2. The van der Waals surface area contributed by atoms with E-state index in [0.717, 1.165) is 29.7 Å². The molecule has 0 radical (unpaired) electrons. The van der Waals surface area contributed by atoms with Crippen LogP contribution in [-0.4, -0.2) is 10.8 Å². The van der Waals surface area contributed by atoms with E-state index in [0.29, 0.717) is 17.6 Å². The maximum absolute atomic E-state index is 12.2. The number of carbonyl (C=O) groups is 1. The Morgan fingerprint density at radius 3 is 2.72 bits per heavy atom. The highest BCUT2D eigenvalue weighted by atomic mass is 16.1. The van der Waals surface area contributed by atoms with Gasteiger partial charge >= 0.3 is 0 Å². The maximum Gasteiger partial charge on any atom is 0.166 e. The number of pyridine rings is 1. The van der Waals surface area contributed by atoms with Crippen molar-refractivity contribution in [2.45, 2.75) is 18.8 Å². The van der Waals surface area contributed by atoms with Crippen molar-refractivity contribution in [1.29, 1.82) is 0 Å². The summed E-state index contributed by atoms with van der Waals surface area (Å²) in [7, 11) is 0. The summed E-state index contributed by atoms with van der Waals surface area (Å²) in [5.74, 6) is 1.26. The summed E-state index contributed by atoms with van der Waals surface area (Å²) in [6.45, 7) is 0. The molecule has 0 aliphatic heterocycles. The SMILES string of the molecule is O=C1c2cc(-c3ccccn3)ccc2C2CC1C2. The molecule has 1 fully saturated rings. The highest BCUT2D eigenvalue weighted by molar-refractivity contribution is 6.03. The van der Waals surface area contributed by atoms with Crippen LogP contribution in [0.5, 0.6) is 0 Å². The lowest BCUT2D eigenvalue weighted by atomic mass is 9.62. The van der Waals surface area contributed by atoms with Crippen molar-refractivity contribution in [2.75, 3.05) is 0 Å². The van der Waals surface area contributed by atoms with Crippen molar-refractivity contribution in [2.24, 2.45) is 5.92 Å². The van der Waals surface area contributed by atoms with E-state index in [1.165, 1.54) is 5.56 Å². The Hall–Kier alpha value is -1.96. The Bertz CT molecular complexity index is 627. The second-order valence-corrected chi connectivity index (χ2v) is 5.25. The van der Waals surface area contributed by atoms with E-state index < -0.39 is 0 Å². The molecule has 0 spiro atoms. The van der Waals surface area contributed by atoms with Crippen molar-refractivity contribution >= 4 is 5.78 Å². The first kappa shape index (κ1) is 10.0. The first-order chi connectivity index (χ1) is 8.83. The molecule has 1 aromatic heterocycles. The molecule has 0 saturated heterocycles. The van der Waals surface area contributed by atoms with Crippen LogP contribution in [0.15, 0.2) is 42.6 Å². The van der Waals surface area contributed by atoms with Gasteiger partial charge < -0.3 is 0 Å². The molecule has 0 amide bonds. The third-order valence-corrected chi connectivity index (χ3v) is 4.23. The quantitative estimate of drug-likeness (QED) is 0.757. The fourth-order valence-electron chi connectivity index (χ4n) is 3.12. The predicted octanol–water partition coefficient (Wildman–Crippen LogP) is 3.44. The molecule has 0 unspecified atom stereocenters. The minimum Gasteiger partial charge on any atom is -0.294 e. The molecule has 2 aromatic rings. The van der Waals surface area contributed by atoms with Crippen molar-refractivity contribution < 1.29 is 4.79 Å². The fraction of sp³-hybridized carbons (Fsp3) is 0.250. The molecule has 5 rings (SSSR count). The monoisotopic (exact) mass is 235 g/mol. The van der Waals surface area contributed by atoms with Crippen molar-refractivity contribution in [3.05, 3.63) is 53.7 Å². The van der Waals surface area contributed by atoms with Gasteiger partial charge in [0, 0.05) is 23.2 Å². The number of benzene rings is 1. The van der Waals surface area contributed by atoms with Gasteiger partial charge in [0.2, 0.25) is 0 Å². The number of Topliss-reactive ketones (excluding diaryl/α,β-unsaturated/α-hetero) is 1. The molecule has 88 valence electrons. The van der Waals surface area contributed by atoms with Crippen molar-refractivity contribution in [3.8, 4) is 11.3 Å². The Morgan fingerprint density at radius 1 is 1.06 bits per heavy atom. The van der Waals surface area contributed by atoms with Gasteiger partial charge in [-0.05, 0) is 42.5 Å². The molecular weight excluding hydrogens is 222 g/mol. The largest absolute Gasteiger partial charge is 0.294 e. The summed E-state index contributed by atoms with van der Waals surface area (Å²) < 4.78 is 0. The second-order valence-electron chi connectivity index (χ2n) is 5.25. The Balaban J connectivity index is 1.85. The average molecular weight is 235 g/mol. The molecule has 3 aliphatic carbocycles. The molecule has 3 aliphatic rings. The molecule has 1 saturated carbocycles. The predicted molar refractivity (Wildman–Crippen MR) is 69.5 cm³/mol. The molecule has 18 heavy (non-hydrogen) atoms. The lowest BCUT2D eigenvalue weighted by molar-refractivity contribution is 0.0792. The number of ketones is 1. The molecular formula is C16H13NO. The zero-order valence-electron chi connectivity index (χ0n) is 9.97. The van der Waals surface area contributed by atoms with Gasteiger partial charge in [0.1, 0.15) is 0 Å². The van der Waals surface area contributed by atoms with Gasteiger partial charge in [-0.15, -0.1) is 0 Å². The summed E-state index contributed by atoms with van der Waals surface area (Å²) in [6.07, 6.45) is 3.91. The van der Waals surface area contributed by atoms with Crippen LogP contribution in [0.1, 0.15) is 34.7 Å². The van der Waals surface area contributed by atoms with Crippen molar-refractivity contribution in [3.63, 3.8) is 0 Å². The molecule has 2 heteroatoms. The fourth-order valence-corrected chi connectivity index (χ4v) is 3.12. The van der Waals surface area contributed by atoms with Gasteiger partial charge in [-0.2, -0.15) is 0 Å². The minimum absolute atomic E-state index is 0.293. The van der Waals surface area contributed by atoms with Gasteiger partial charge in [0.25, 0.3) is 0 Å². The van der Waals surface area contributed by atoms with Crippen LogP contribution in [0, 0.1) is 5.92 Å². The summed E-state index contributed by atoms with van der Waals surface area (Å²) in [4.78, 5) is 16.6. The second kappa shape index (κ2) is 3.52. The lowest BCUT2D eigenvalue weighted by Crippen LogP contribution is -2.36. The maximum atomic E-state index is 12.2. The molecule has 0 N–H and O–H groups in total. The normalized spacial score (nSPS) is 24.3. The molecule has 1 aromatic carbocycles. The summed E-state index contributed by atoms with van der Waals surface area (Å²) in [5, 5.41) is 0. The Labute approximate surface area is 106 Å². The first-order valence-electron chi connectivity index (χ1n) is 6.42. The van der Waals surface area contributed by atoms with Crippen LogP contribution in [0.4, 0.5) is 0 Å². The van der Waals surface area contributed by atoms with Crippen LogP contribution >= 0.6 is 0 Å². The third kappa shape index (κ3) is 1.29. The summed E-state index contributed by atoms with van der Waals surface area (Å²) in [6, 6.07) is 12.1. The minimum atomic E-state index is 0.293. The Kier molecular flexibility index (Phi) is 1.95. The van der Waals surface area contributed by atoms with E-state index in [-0.39, 0.29) is 0 Å². The molecule has 2 bridgehead atoms. The summed E-state index contributed by atoms with van der Waals surface area (Å²) >= 11 is 0. The van der Waals surface area contributed by atoms with Gasteiger partial charge in [-0.1, -0.05) is 18.2 Å². The lowest BCUT2D eigenvalue weighted by Gasteiger charge is -2.41. The number of aromatic nitrogens is 1. The van der Waals surface area contributed by atoms with E-state index in [9.17, 15) is 4.79 Å². The van der Waals surface area contributed by atoms with Crippen LogP contribution < -0.4 is 0 Å². The number of nitrogens with zero attached hydrogens (tertiary/aromatic N) is 1. The van der Waals surface area contributed by atoms with E-state index in [4.69, 9.17) is 0 Å². The zero-order valence-corrected chi connectivity index (χ0v) is 9.97. The van der Waals surface area contributed by atoms with Gasteiger partial charge in [0.15, 0.2) is 5.78 Å². The van der Waals surface area contributed by atoms with Gasteiger partial charge in [-0.3, -0.25) is 9.78 Å². The topological polar surface area (TPSA) is 30.0 Å². The van der Waals surface area contributed by atoms with Crippen LogP contribution in [-0.2, 0) is 0 Å².